The lowest BCUT2D eigenvalue weighted by Crippen LogP contribution is -2.65. The van der Waals surface area contributed by atoms with Crippen LogP contribution in [0.3, 0.4) is 0 Å². The highest BCUT2D eigenvalue weighted by Gasteiger charge is 2.50. The summed E-state index contributed by atoms with van der Waals surface area (Å²) in [6.45, 7) is 3.77. The standard InChI is InChI=1S/C19H19N3O5/c1-11-4-6-17(26-3)15(8-11)21-18(23)20-14-10-19(21,2)27-16-7-5-12(22(24)25)9-13(14)16/h4-9,14H,10H2,1-3H3,(H,20,23)/t14-,19+/m0/s1. The molecule has 2 bridgehead atoms. The van der Waals surface area contributed by atoms with E-state index in [1.54, 1.807) is 18.1 Å². The number of ether oxygens (including phenoxy) is 2. The van der Waals surface area contributed by atoms with E-state index < -0.39 is 10.6 Å². The van der Waals surface area contributed by atoms with Gasteiger partial charge in [0.05, 0.1) is 23.8 Å². The van der Waals surface area contributed by atoms with Crippen LogP contribution in [0.4, 0.5) is 16.2 Å². The fraction of sp³-hybridized carbons (Fsp3) is 0.316. The van der Waals surface area contributed by atoms with Gasteiger partial charge in [0.25, 0.3) is 5.69 Å². The van der Waals surface area contributed by atoms with Gasteiger partial charge in [-0.3, -0.25) is 15.0 Å². The van der Waals surface area contributed by atoms with E-state index in [1.807, 2.05) is 32.0 Å². The number of carbonyl (C=O) groups excluding carboxylic acids is 1. The maximum atomic E-state index is 13.0. The number of hydrogen-bond donors (Lipinski definition) is 1. The first kappa shape index (κ1) is 17.1. The van der Waals surface area contributed by atoms with Crippen molar-refractivity contribution in [1.29, 1.82) is 0 Å². The number of nitrogens with one attached hydrogen (secondary N) is 1. The lowest BCUT2D eigenvalue weighted by atomic mass is 9.89. The molecule has 1 saturated heterocycles. The number of urea groups is 1. The topological polar surface area (TPSA) is 93.9 Å². The van der Waals surface area contributed by atoms with Crippen molar-refractivity contribution in [3.05, 3.63) is 57.6 Å². The Balaban J connectivity index is 1.81. The van der Waals surface area contributed by atoms with Crippen molar-refractivity contribution in [2.24, 2.45) is 0 Å². The van der Waals surface area contributed by atoms with Gasteiger partial charge in [-0.25, -0.2) is 4.79 Å². The quantitative estimate of drug-likeness (QED) is 0.658. The molecule has 2 amide bonds. The Morgan fingerprint density at radius 3 is 2.81 bits per heavy atom. The molecule has 1 fully saturated rings. The molecule has 27 heavy (non-hydrogen) atoms. The van der Waals surface area contributed by atoms with Crippen molar-refractivity contribution < 1.29 is 19.2 Å². The number of nitro benzene ring substituents is 1. The molecular formula is C19H19N3O5. The number of methoxy groups -OCH3 is 1. The number of nitrogens with zero attached hydrogens (tertiary/aromatic N) is 2. The fourth-order valence-corrected chi connectivity index (χ4v) is 3.82. The minimum absolute atomic E-state index is 0.0296. The monoisotopic (exact) mass is 369 g/mol. The van der Waals surface area contributed by atoms with Crippen LogP contribution in [-0.2, 0) is 0 Å². The zero-order valence-electron chi connectivity index (χ0n) is 15.2. The Bertz CT molecular complexity index is 960. The third-order valence-corrected chi connectivity index (χ3v) is 5.04. The molecule has 2 heterocycles. The molecule has 8 nitrogen and oxygen atoms in total. The van der Waals surface area contributed by atoms with E-state index in [4.69, 9.17) is 9.47 Å². The van der Waals surface area contributed by atoms with Crippen LogP contribution in [0, 0.1) is 17.0 Å². The Morgan fingerprint density at radius 1 is 1.33 bits per heavy atom. The Kier molecular flexibility index (Phi) is 3.73. The molecular weight excluding hydrogens is 350 g/mol. The minimum Gasteiger partial charge on any atom is -0.495 e. The van der Waals surface area contributed by atoms with Crippen LogP contribution in [0.25, 0.3) is 0 Å². The normalized spacial score (nSPS) is 23.1. The van der Waals surface area contributed by atoms with Gasteiger partial charge in [-0.1, -0.05) is 6.07 Å². The van der Waals surface area contributed by atoms with Gasteiger partial charge in [0, 0.05) is 24.1 Å². The third kappa shape index (κ3) is 2.64. The van der Waals surface area contributed by atoms with E-state index in [0.717, 1.165) is 5.56 Å². The second-order valence-electron chi connectivity index (χ2n) is 6.97. The van der Waals surface area contributed by atoms with Crippen LogP contribution in [0.15, 0.2) is 36.4 Å². The number of fused-ring (bicyclic) bond motifs is 4. The maximum Gasteiger partial charge on any atom is 0.325 e. The number of hydrogen-bond acceptors (Lipinski definition) is 5. The number of aryl methyl sites for hydroxylation is 1. The van der Waals surface area contributed by atoms with E-state index in [2.05, 4.69) is 5.32 Å². The van der Waals surface area contributed by atoms with Gasteiger partial charge < -0.3 is 14.8 Å². The van der Waals surface area contributed by atoms with Crippen LogP contribution >= 0.6 is 0 Å². The van der Waals surface area contributed by atoms with Crippen LogP contribution < -0.4 is 19.7 Å². The van der Waals surface area contributed by atoms with Crippen molar-refractivity contribution in [3.63, 3.8) is 0 Å². The van der Waals surface area contributed by atoms with Gasteiger partial charge >= 0.3 is 6.03 Å². The van der Waals surface area contributed by atoms with Gasteiger partial charge in [-0.2, -0.15) is 0 Å². The summed E-state index contributed by atoms with van der Waals surface area (Å²) in [6.07, 6.45) is 0.448. The zero-order valence-corrected chi connectivity index (χ0v) is 15.2. The third-order valence-electron chi connectivity index (χ3n) is 5.04. The van der Waals surface area contributed by atoms with Gasteiger partial charge in [-0.15, -0.1) is 0 Å². The van der Waals surface area contributed by atoms with Crippen LogP contribution in [-0.4, -0.2) is 23.8 Å². The Morgan fingerprint density at radius 2 is 2.11 bits per heavy atom. The largest absolute Gasteiger partial charge is 0.495 e. The average molecular weight is 369 g/mol. The molecule has 8 heteroatoms. The van der Waals surface area contributed by atoms with Crippen LogP contribution in [0.5, 0.6) is 11.5 Å². The van der Waals surface area contributed by atoms with E-state index in [9.17, 15) is 14.9 Å². The second-order valence-corrected chi connectivity index (χ2v) is 6.97. The van der Waals surface area contributed by atoms with E-state index >= 15 is 0 Å². The van der Waals surface area contributed by atoms with Crippen LogP contribution in [0.2, 0.25) is 0 Å². The molecule has 0 aliphatic carbocycles. The molecule has 0 spiro atoms. The molecule has 0 saturated carbocycles. The Hall–Kier alpha value is -3.29. The molecule has 0 unspecified atom stereocenters. The van der Waals surface area contributed by atoms with Gasteiger partial charge in [-0.05, 0) is 37.6 Å². The average Bonchev–Trinajstić information content (AvgIpc) is 2.60. The molecule has 0 radical (unpaired) electrons. The number of amides is 2. The molecule has 140 valence electrons. The molecule has 1 N–H and O–H groups in total. The first-order valence-electron chi connectivity index (χ1n) is 8.55. The van der Waals surface area contributed by atoms with E-state index in [0.29, 0.717) is 29.2 Å². The van der Waals surface area contributed by atoms with Crippen LogP contribution in [0.1, 0.15) is 30.5 Å². The maximum absolute atomic E-state index is 13.0. The molecule has 2 atom stereocenters. The van der Waals surface area contributed by atoms with Crippen molar-refractivity contribution >= 4 is 17.4 Å². The lowest BCUT2D eigenvalue weighted by molar-refractivity contribution is -0.385. The second kappa shape index (κ2) is 5.87. The van der Waals surface area contributed by atoms with Gasteiger partial charge in [0.1, 0.15) is 11.5 Å². The first-order chi connectivity index (χ1) is 12.8. The Labute approximate surface area is 155 Å². The fourth-order valence-electron chi connectivity index (χ4n) is 3.82. The summed E-state index contributed by atoms with van der Waals surface area (Å²) in [7, 11) is 1.55. The summed E-state index contributed by atoms with van der Waals surface area (Å²) in [5, 5.41) is 14.0. The predicted octanol–water partition coefficient (Wildman–Crippen LogP) is 3.68. The molecule has 2 aliphatic rings. The van der Waals surface area contributed by atoms with Crippen molar-refractivity contribution in [2.45, 2.75) is 32.0 Å². The highest BCUT2D eigenvalue weighted by Crippen LogP contribution is 2.48. The summed E-state index contributed by atoms with van der Waals surface area (Å²) >= 11 is 0. The summed E-state index contributed by atoms with van der Waals surface area (Å²) < 4.78 is 11.6. The molecule has 0 aromatic heterocycles. The SMILES string of the molecule is COc1ccc(C)cc1N1C(=O)N[C@H]2C[C@@]1(C)Oc1ccc([N+](=O)[O-])cc12. The van der Waals surface area contributed by atoms with E-state index in [-0.39, 0.29) is 17.8 Å². The number of anilines is 1. The number of non-ortho nitro benzene ring substituents is 1. The molecule has 2 aliphatic heterocycles. The number of rotatable bonds is 3. The van der Waals surface area contributed by atoms with Crippen molar-refractivity contribution in [2.75, 3.05) is 12.0 Å². The highest BCUT2D eigenvalue weighted by molar-refractivity contribution is 5.96. The first-order valence-corrected chi connectivity index (χ1v) is 8.55. The minimum atomic E-state index is -0.947. The predicted molar refractivity (Wildman–Crippen MR) is 98.2 cm³/mol. The summed E-state index contributed by atoms with van der Waals surface area (Å²) in [5.41, 5.74) is 1.23. The number of carbonyl (C=O) groups is 1. The summed E-state index contributed by atoms with van der Waals surface area (Å²) in [4.78, 5) is 25.1. The molecule has 2 aromatic carbocycles. The highest BCUT2D eigenvalue weighted by atomic mass is 16.6. The smallest absolute Gasteiger partial charge is 0.325 e. The number of benzene rings is 2. The lowest BCUT2D eigenvalue weighted by Gasteiger charge is -2.50. The molecule has 4 rings (SSSR count). The van der Waals surface area contributed by atoms with Gasteiger partial charge in [0.15, 0.2) is 5.72 Å². The van der Waals surface area contributed by atoms with Crippen molar-refractivity contribution in [1.82, 2.24) is 5.32 Å². The molecule has 2 aromatic rings. The zero-order chi connectivity index (χ0) is 19.3. The summed E-state index contributed by atoms with van der Waals surface area (Å²) in [5.74, 6) is 1.09. The van der Waals surface area contributed by atoms with E-state index in [1.165, 1.54) is 12.1 Å². The summed E-state index contributed by atoms with van der Waals surface area (Å²) in [6, 6.07) is 9.34. The van der Waals surface area contributed by atoms with Crippen molar-refractivity contribution in [3.8, 4) is 11.5 Å². The van der Waals surface area contributed by atoms with Gasteiger partial charge in [0.2, 0.25) is 0 Å². The number of nitro groups is 1.